The Bertz CT molecular complexity index is 9680. The first-order valence-electron chi connectivity index (χ1n) is 50.0. The van der Waals surface area contributed by atoms with Gasteiger partial charge >= 0.3 is 0 Å². The zero-order valence-electron chi connectivity index (χ0n) is 79.7. The lowest BCUT2D eigenvalue weighted by molar-refractivity contribution is 0.669. The Morgan fingerprint density at radius 2 is 0.363 bits per heavy atom. The number of para-hydroxylation sites is 10. The van der Waals surface area contributed by atoms with Crippen LogP contribution in [0.3, 0.4) is 0 Å². The van der Waals surface area contributed by atoms with Crippen molar-refractivity contribution in [2.45, 2.75) is 0 Å². The predicted octanol–water partition coefficient (Wildman–Crippen LogP) is 39.3. The summed E-state index contributed by atoms with van der Waals surface area (Å²) in [4.78, 5) is 4.70. The molecule has 6 heteroatoms. The summed E-state index contributed by atoms with van der Waals surface area (Å²) in [6, 6.07) is 202. The van der Waals surface area contributed by atoms with Gasteiger partial charge in [0, 0.05) is 99.5 Å². The monoisotopic (exact) mass is 1860 g/mol. The molecule has 0 saturated heterocycles. The molecule has 0 amide bonds. The van der Waals surface area contributed by atoms with Gasteiger partial charge in [-0.25, -0.2) is 0 Å². The van der Waals surface area contributed by atoms with Crippen molar-refractivity contribution in [3.63, 3.8) is 0 Å². The number of hydrogen-bond acceptors (Lipinski definition) is 4. The SMILES string of the molecule is c1ccc(-n2c3ccccc3c3ccccc32)c(-c2ccc(-c3ccc(N(c4ccc(-c5ccc(-c6cccc7c6oc6ccccc67)cc5)cc4)c4ccc(-c5ccc6ccccc6c5)cc4)cc3)cc2)c1.c1ccc(-n2c3ccccc3c3ccccc32)c(-c2ccc(-c3ccc(N(c4ccc(-c5ccc(-c6cccc7c6oc6ccccc67)cc5)cc4)c4ccc(-c5cccc6ccccc56)cc4)cc3)cc2)c1. The molecule has 28 aromatic rings. The molecule has 4 aromatic heterocycles. The summed E-state index contributed by atoms with van der Waals surface area (Å²) < 4.78 is 17.6. The standard InChI is InChI=1S/2C70H46N2O/c1-2-15-58-51(13-1)14-11-20-59(58)52-39-45-57(46-40-52)71(56-43-37-50(38-44-56)48-29-33-54(34-30-48)61-21-12-22-65-64-19-6-10-26-69(64)73-70(61)65)55-41-35-49(36-42-55)47-27-31-53(32-28-47)60-16-3-7-23-66(60)72-67-24-8-4-17-62(67)63-18-5-9-25-68(63)72;1-2-13-55-46-56(33-28-47(55)12-1)52-38-44-59(45-39-52)71(58-42-36-51(37-43-58)49-26-31-54(32-27-49)61-18-11-19-65-64-17-6-10-23-69(64)73-70(61)65)57-40-34-50(35-41-57)48-24-29-53(30-25-48)60-14-3-7-20-66(60)72-67-21-8-4-15-62(67)63-16-5-9-22-68(63)72/h2*1-46H. The van der Waals surface area contributed by atoms with Crippen LogP contribution in [0.4, 0.5) is 34.1 Å². The van der Waals surface area contributed by atoms with Crippen molar-refractivity contribution in [1.29, 1.82) is 0 Å². The van der Waals surface area contributed by atoms with Crippen molar-refractivity contribution in [1.82, 2.24) is 9.13 Å². The van der Waals surface area contributed by atoms with Crippen LogP contribution in [-0.4, -0.2) is 9.13 Å². The van der Waals surface area contributed by atoms with Gasteiger partial charge in [-0.05, 0) is 238 Å². The second-order valence-electron chi connectivity index (χ2n) is 37.7. The van der Waals surface area contributed by atoms with Crippen molar-refractivity contribution in [3.8, 4) is 123 Å². The Morgan fingerprint density at radius 3 is 0.733 bits per heavy atom. The molecule has 0 spiro atoms. The van der Waals surface area contributed by atoms with Crippen LogP contribution in [0.5, 0.6) is 0 Å². The molecule has 0 fully saturated rings. The van der Waals surface area contributed by atoms with Crippen molar-refractivity contribution in [3.05, 3.63) is 558 Å². The van der Waals surface area contributed by atoms with Gasteiger partial charge in [-0.15, -0.1) is 0 Å². The fourth-order valence-corrected chi connectivity index (χ4v) is 22.1. The molecule has 0 N–H and O–H groups in total. The number of furan rings is 2. The quantitative estimate of drug-likeness (QED) is 0.0859. The molecule has 0 unspecified atom stereocenters. The predicted molar refractivity (Wildman–Crippen MR) is 615 cm³/mol. The van der Waals surface area contributed by atoms with Gasteiger partial charge in [-0.2, -0.15) is 0 Å². The van der Waals surface area contributed by atoms with Crippen LogP contribution in [0.2, 0.25) is 0 Å². The van der Waals surface area contributed by atoms with E-state index in [9.17, 15) is 0 Å². The molecule has 0 aliphatic carbocycles. The lowest BCUT2D eigenvalue weighted by Gasteiger charge is -2.26. The number of aromatic nitrogens is 2. The number of anilines is 6. The first-order chi connectivity index (χ1) is 72.4. The van der Waals surface area contributed by atoms with Crippen molar-refractivity contribution in [2.75, 3.05) is 9.80 Å². The number of hydrogen-bond donors (Lipinski definition) is 0. The van der Waals surface area contributed by atoms with Crippen LogP contribution in [0, 0.1) is 0 Å². The minimum absolute atomic E-state index is 0.910. The zero-order valence-corrected chi connectivity index (χ0v) is 79.7. The summed E-state index contributed by atoms with van der Waals surface area (Å²) in [5, 5.41) is 14.6. The smallest absolute Gasteiger partial charge is 0.143 e. The zero-order chi connectivity index (χ0) is 96.5. The van der Waals surface area contributed by atoms with E-state index in [1.54, 1.807) is 0 Å². The Kier molecular flexibility index (Phi) is 21.5. The number of nitrogens with zero attached hydrogens (tertiary/aromatic N) is 4. The molecular weight excluding hydrogens is 1770 g/mol. The largest absolute Gasteiger partial charge is 0.455 e. The van der Waals surface area contributed by atoms with Crippen LogP contribution < -0.4 is 9.80 Å². The van der Waals surface area contributed by atoms with Crippen LogP contribution in [-0.2, 0) is 0 Å². The summed E-state index contributed by atoms with van der Waals surface area (Å²) in [5.41, 5.74) is 40.6. The number of fused-ring (bicyclic) bond motifs is 14. The van der Waals surface area contributed by atoms with E-state index in [1.165, 1.54) is 132 Å². The molecule has 0 bridgehead atoms. The highest BCUT2D eigenvalue weighted by Gasteiger charge is 2.24. The van der Waals surface area contributed by atoms with Crippen molar-refractivity contribution < 1.29 is 8.83 Å². The molecule has 0 aliphatic rings. The van der Waals surface area contributed by atoms with E-state index in [1.807, 2.05) is 24.3 Å². The van der Waals surface area contributed by atoms with Crippen LogP contribution >= 0.6 is 0 Å². The van der Waals surface area contributed by atoms with Gasteiger partial charge < -0.3 is 27.8 Å². The van der Waals surface area contributed by atoms with Gasteiger partial charge in [0.2, 0.25) is 0 Å². The third kappa shape index (κ3) is 15.6. The maximum absolute atomic E-state index is 6.38. The summed E-state index contributed by atoms with van der Waals surface area (Å²) in [6.07, 6.45) is 0. The Labute approximate surface area is 845 Å². The third-order valence-corrected chi connectivity index (χ3v) is 29.3. The summed E-state index contributed by atoms with van der Waals surface area (Å²) >= 11 is 0. The van der Waals surface area contributed by atoms with E-state index in [4.69, 9.17) is 8.83 Å². The van der Waals surface area contributed by atoms with E-state index < -0.39 is 0 Å². The average Bonchev–Trinajstić information content (AvgIpc) is 1.59. The topological polar surface area (TPSA) is 42.6 Å². The summed E-state index contributed by atoms with van der Waals surface area (Å²) in [7, 11) is 0. The summed E-state index contributed by atoms with van der Waals surface area (Å²) in [5.74, 6) is 0. The minimum Gasteiger partial charge on any atom is -0.455 e. The lowest BCUT2D eigenvalue weighted by atomic mass is 9.97. The molecular formula is C140H92N4O2. The molecule has 0 aliphatic heterocycles. The highest BCUT2D eigenvalue weighted by molar-refractivity contribution is 6.14. The van der Waals surface area contributed by atoms with Crippen LogP contribution in [0.1, 0.15) is 0 Å². The number of benzene rings is 24. The molecule has 24 aromatic carbocycles. The number of rotatable bonds is 18. The van der Waals surface area contributed by atoms with Crippen molar-refractivity contribution in [2.24, 2.45) is 0 Å². The van der Waals surface area contributed by atoms with E-state index in [2.05, 4.69) is 553 Å². The Morgan fingerprint density at radius 1 is 0.137 bits per heavy atom. The molecule has 4 heterocycles. The maximum atomic E-state index is 6.38. The minimum atomic E-state index is 0.910. The van der Waals surface area contributed by atoms with Crippen LogP contribution in [0.15, 0.2) is 567 Å². The van der Waals surface area contributed by atoms with Gasteiger partial charge in [0.05, 0.1) is 33.4 Å². The molecule has 28 rings (SSSR count). The van der Waals surface area contributed by atoms with Crippen molar-refractivity contribution >= 4 is 143 Å². The first-order valence-corrected chi connectivity index (χ1v) is 50.0. The van der Waals surface area contributed by atoms with Gasteiger partial charge in [0.1, 0.15) is 22.3 Å². The second-order valence-corrected chi connectivity index (χ2v) is 37.7. The lowest BCUT2D eigenvalue weighted by Crippen LogP contribution is -2.09. The van der Waals surface area contributed by atoms with Gasteiger partial charge in [-0.1, -0.05) is 431 Å². The molecule has 146 heavy (non-hydrogen) atoms. The third-order valence-electron chi connectivity index (χ3n) is 29.3. The molecule has 0 atom stereocenters. The molecule has 6 nitrogen and oxygen atoms in total. The maximum Gasteiger partial charge on any atom is 0.143 e. The van der Waals surface area contributed by atoms with E-state index in [0.717, 1.165) is 134 Å². The fraction of sp³-hybridized carbons (Fsp3) is 0. The van der Waals surface area contributed by atoms with Gasteiger partial charge in [0.25, 0.3) is 0 Å². The highest BCUT2D eigenvalue weighted by atomic mass is 16.3. The fourth-order valence-electron chi connectivity index (χ4n) is 22.1. The van der Waals surface area contributed by atoms with Gasteiger partial charge in [-0.3, -0.25) is 0 Å². The van der Waals surface area contributed by atoms with Gasteiger partial charge in [0.15, 0.2) is 0 Å². The molecule has 684 valence electrons. The average molecular weight is 1860 g/mol. The molecule has 0 radical (unpaired) electrons. The normalized spacial score (nSPS) is 11.6. The van der Waals surface area contributed by atoms with Crippen LogP contribution in [0.25, 0.3) is 232 Å². The van der Waals surface area contributed by atoms with E-state index in [0.29, 0.717) is 0 Å². The molecule has 0 saturated carbocycles. The Hall–Kier alpha value is -19.4. The second kappa shape index (κ2) is 36.7. The Balaban J connectivity index is 0.000000145. The van der Waals surface area contributed by atoms with E-state index >= 15 is 0 Å². The van der Waals surface area contributed by atoms with E-state index in [-0.39, 0.29) is 0 Å². The first kappa shape index (κ1) is 85.8. The highest BCUT2D eigenvalue weighted by Crippen LogP contribution is 2.47. The summed E-state index contributed by atoms with van der Waals surface area (Å²) in [6.45, 7) is 0.